The van der Waals surface area contributed by atoms with E-state index in [4.69, 9.17) is 23.2 Å². The molecule has 0 aliphatic carbocycles. The highest BCUT2D eigenvalue weighted by Crippen LogP contribution is 2.30. The number of rotatable bonds is 3. The van der Waals surface area contributed by atoms with Crippen molar-refractivity contribution in [3.63, 3.8) is 0 Å². The standard InChI is InChI=1S/C14H9Cl2NO6/c1-5(18)9-11(19)10(14(22)23-13(9)21)12(20)17-6-2-3-7(15)8(16)4-6/h2-4,19,22H,1H3,(H,17,20). The smallest absolute Gasteiger partial charge is 0.353 e. The number of anilines is 1. The Kier molecular flexibility index (Phi) is 4.63. The molecule has 23 heavy (non-hydrogen) atoms. The van der Waals surface area contributed by atoms with Crippen molar-refractivity contribution in [3.8, 4) is 11.7 Å². The molecule has 1 aromatic carbocycles. The largest absolute Gasteiger partial charge is 0.506 e. The molecule has 9 heteroatoms. The van der Waals surface area contributed by atoms with E-state index in [1.165, 1.54) is 18.2 Å². The van der Waals surface area contributed by atoms with Crippen LogP contribution in [0, 0.1) is 0 Å². The normalized spacial score (nSPS) is 10.4. The molecule has 7 nitrogen and oxygen atoms in total. The molecule has 0 saturated heterocycles. The molecule has 0 saturated carbocycles. The third-order valence-corrected chi connectivity index (χ3v) is 3.58. The first-order chi connectivity index (χ1) is 10.7. The number of hydrogen-bond donors (Lipinski definition) is 3. The number of aromatic hydroxyl groups is 2. The number of hydrogen-bond acceptors (Lipinski definition) is 6. The average Bonchev–Trinajstić information content (AvgIpc) is 2.41. The van der Waals surface area contributed by atoms with Crippen molar-refractivity contribution in [2.24, 2.45) is 0 Å². The van der Waals surface area contributed by atoms with Crippen molar-refractivity contribution in [2.75, 3.05) is 5.32 Å². The number of Topliss-reactive ketones (excluding diaryl/α,β-unsaturated/α-hetero) is 1. The van der Waals surface area contributed by atoms with Crippen LogP contribution in [0.3, 0.4) is 0 Å². The van der Waals surface area contributed by atoms with Gasteiger partial charge in [-0.3, -0.25) is 9.59 Å². The second-order valence-corrected chi connectivity index (χ2v) is 5.25. The van der Waals surface area contributed by atoms with Gasteiger partial charge in [0.2, 0.25) is 0 Å². The van der Waals surface area contributed by atoms with Crippen LogP contribution >= 0.6 is 23.2 Å². The topological polar surface area (TPSA) is 117 Å². The van der Waals surface area contributed by atoms with Crippen LogP contribution in [0.4, 0.5) is 5.69 Å². The number of amides is 1. The van der Waals surface area contributed by atoms with E-state index in [1.54, 1.807) is 0 Å². The Morgan fingerprint density at radius 3 is 2.35 bits per heavy atom. The maximum atomic E-state index is 12.2. The summed E-state index contributed by atoms with van der Waals surface area (Å²) in [6.07, 6.45) is 0. The lowest BCUT2D eigenvalue weighted by atomic mass is 10.1. The Morgan fingerprint density at radius 1 is 1.13 bits per heavy atom. The fourth-order valence-electron chi connectivity index (χ4n) is 1.80. The Balaban J connectivity index is 2.47. The molecule has 0 unspecified atom stereocenters. The first-order valence-corrected chi connectivity index (χ1v) is 6.84. The molecular formula is C14H9Cl2NO6. The molecule has 2 aromatic rings. The Labute approximate surface area is 139 Å². The minimum atomic E-state index is -1.25. The van der Waals surface area contributed by atoms with Gasteiger partial charge in [0.1, 0.15) is 5.56 Å². The summed E-state index contributed by atoms with van der Waals surface area (Å²) in [6, 6.07) is 4.18. The van der Waals surface area contributed by atoms with Gasteiger partial charge in [0.25, 0.3) is 5.91 Å². The summed E-state index contributed by atoms with van der Waals surface area (Å²) in [5, 5.41) is 22.2. The van der Waals surface area contributed by atoms with Crippen molar-refractivity contribution in [2.45, 2.75) is 6.92 Å². The minimum Gasteiger partial charge on any atom is -0.506 e. The summed E-state index contributed by atoms with van der Waals surface area (Å²) in [4.78, 5) is 35.0. The highest BCUT2D eigenvalue weighted by atomic mass is 35.5. The van der Waals surface area contributed by atoms with Gasteiger partial charge < -0.3 is 19.9 Å². The van der Waals surface area contributed by atoms with Crippen LogP contribution in [0.1, 0.15) is 27.6 Å². The van der Waals surface area contributed by atoms with E-state index in [2.05, 4.69) is 9.73 Å². The monoisotopic (exact) mass is 357 g/mol. The van der Waals surface area contributed by atoms with Crippen LogP contribution in [0.15, 0.2) is 27.4 Å². The van der Waals surface area contributed by atoms with Gasteiger partial charge in [0.15, 0.2) is 17.1 Å². The fourth-order valence-corrected chi connectivity index (χ4v) is 2.09. The maximum Gasteiger partial charge on any atom is 0.353 e. The van der Waals surface area contributed by atoms with Crippen LogP contribution in [0.2, 0.25) is 10.0 Å². The van der Waals surface area contributed by atoms with E-state index in [-0.39, 0.29) is 15.7 Å². The van der Waals surface area contributed by atoms with Crippen molar-refractivity contribution >= 4 is 40.6 Å². The van der Waals surface area contributed by atoms with Crippen LogP contribution in [-0.2, 0) is 0 Å². The lowest BCUT2D eigenvalue weighted by Crippen LogP contribution is -2.18. The van der Waals surface area contributed by atoms with Gasteiger partial charge in [-0.25, -0.2) is 4.79 Å². The van der Waals surface area contributed by atoms with Crippen molar-refractivity contribution in [1.29, 1.82) is 0 Å². The van der Waals surface area contributed by atoms with Crippen molar-refractivity contribution in [1.82, 2.24) is 0 Å². The van der Waals surface area contributed by atoms with Crippen molar-refractivity contribution in [3.05, 3.63) is 49.8 Å². The Hall–Kier alpha value is -2.51. The molecule has 0 aliphatic rings. The first-order valence-electron chi connectivity index (χ1n) is 6.08. The Bertz CT molecular complexity index is 874. The highest BCUT2D eigenvalue weighted by molar-refractivity contribution is 6.42. The predicted octanol–water partition coefficient (Wildman–Crippen LogP) is 2.81. The SMILES string of the molecule is CC(=O)c1c(O)c(C(=O)Nc2ccc(Cl)c(Cl)c2)c(O)oc1=O. The molecule has 0 fully saturated rings. The molecule has 3 N–H and O–H groups in total. The molecule has 0 aliphatic heterocycles. The molecule has 0 radical (unpaired) electrons. The van der Waals surface area contributed by atoms with Gasteiger partial charge in [-0.1, -0.05) is 23.2 Å². The number of ketones is 1. The average molecular weight is 358 g/mol. The maximum absolute atomic E-state index is 12.2. The quantitative estimate of drug-likeness (QED) is 0.727. The summed E-state index contributed by atoms with van der Waals surface area (Å²) in [5.74, 6) is -3.91. The highest BCUT2D eigenvalue weighted by Gasteiger charge is 2.27. The number of carbonyl (C=O) groups excluding carboxylic acids is 2. The van der Waals surface area contributed by atoms with E-state index >= 15 is 0 Å². The van der Waals surface area contributed by atoms with Gasteiger partial charge >= 0.3 is 11.6 Å². The second-order valence-electron chi connectivity index (χ2n) is 4.43. The number of halogens is 2. The van der Waals surface area contributed by atoms with Gasteiger partial charge in [-0.15, -0.1) is 0 Å². The zero-order valence-corrected chi connectivity index (χ0v) is 13.0. The molecule has 0 spiro atoms. The third kappa shape index (κ3) is 3.30. The molecule has 0 bridgehead atoms. The number of carbonyl (C=O) groups is 2. The molecule has 1 heterocycles. The predicted molar refractivity (Wildman–Crippen MR) is 82.7 cm³/mol. The van der Waals surface area contributed by atoms with Crippen LogP contribution in [0.25, 0.3) is 0 Å². The van der Waals surface area contributed by atoms with E-state index in [1.807, 2.05) is 0 Å². The van der Waals surface area contributed by atoms with Gasteiger partial charge in [-0.2, -0.15) is 0 Å². The van der Waals surface area contributed by atoms with E-state index in [0.717, 1.165) is 6.92 Å². The molecular weight excluding hydrogens is 349 g/mol. The summed E-state index contributed by atoms with van der Waals surface area (Å²) in [7, 11) is 0. The lowest BCUT2D eigenvalue weighted by molar-refractivity contribution is 0.100. The van der Waals surface area contributed by atoms with E-state index in [0.29, 0.717) is 0 Å². The van der Waals surface area contributed by atoms with Crippen LogP contribution < -0.4 is 10.9 Å². The van der Waals surface area contributed by atoms with Gasteiger partial charge in [0, 0.05) is 5.69 Å². The molecule has 0 atom stereocenters. The van der Waals surface area contributed by atoms with Gasteiger partial charge in [-0.05, 0) is 25.1 Å². The minimum absolute atomic E-state index is 0.168. The van der Waals surface area contributed by atoms with Crippen LogP contribution in [-0.4, -0.2) is 21.9 Å². The molecule has 1 aromatic heterocycles. The molecule has 1 amide bonds. The van der Waals surface area contributed by atoms with Gasteiger partial charge in [0.05, 0.1) is 10.0 Å². The zero-order chi connectivity index (χ0) is 17.3. The summed E-state index contributed by atoms with van der Waals surface area (Å²) >= 11 is 11.6. The van der Waals surface area contributed by atoms with E-state index < -0.39 is 40.1 Å². The zero-order valence-electron chi connectivity index (χ0n) is 11.5. The summed E-state index contributed by atoms with van der Waals surface area (Å²) < 4.78 is 4.39. The first kappa shape index (κ1) is 16.9. The van der Waals surface area contributed by atoms with Crippen LogP contribution in [0.5, 0.6) is 11.7 Å². The number of nitrogens with one attached hydrogen (secondary N) is 1. The molecule has 120 valence electrons. The number of benzene rings is 1. The molecule has 2 rings (SSSR count). The summed E-state index contributed by atoms with van der Waals surface area (Å²) in [6.45, 7) is 1.00. The lowest BCUT2D eigenvalue weighted by Gasteiger charge is -2.09. The Morgan fingerprint density at radius 2 is 1.78 bits per heavy atom. The fraction of sp³-hybridized carbons (Fsp3) is 0.0714. The van der Waals surface area contributed by atoms with E-state index in [9.17, 15) is 24.6 Å². The van der Waals surface area contributed by atoms with Crippen molar-refractivity contribution < 1.29 is 24.2 Å². The summed E-state index contributed by atoms with van der Waals surface area (Å²) in [5.41, 5.74) is -2.53. The third-order valence-electron chi connectivity index (χ3n) is 2.84. The second kappa shape index (κ2) is 6.31.